The Balaban J connectivity index is 1.24. The second-order valence-corrected chi connectivity index (χ2v) is 10.4. The van der Waals surface area contributed by atoms with Gasteiger partial charge in [0.05, 0.1) is 13.4 Å². The van der Waals surface area contributed by atoms with Crippen LogP contribution in [0.15, 0.2) is 65.3 Å². The van der Waals surface area contributed by atoms with Crippen LogP contribution in [0.1, 0.15) is 73.0 Å². The maximum atomic E-state index is 12.9. The number of rotatable bonds is 8. The number of likely N-dealkylation sites (tertiary alicyclic amines) is 1. The molecule has 208 valence electrons. The molecule has 0 aliphatic carbocycles. The van der Waals surface area contributed by atoms with Crippen LogP contribution >= 0.6 is 0 Å². The number of carbonyl (C=O) groups excluding carboxylic acids is 1. The fourth-order valence-corrected chi connectivity index (χ4v) is 5.55. The third-order valence-electron chi connectivity index (χ3n) is 7.91. The highest BCUT2D eigenvalue weighted by atomic mass is 16.5. The van der Waals surface area contributed by atoms with Crippen molar-refractivity contribution in [3.05, 3.63) is 83.1 Å². The second-order valence-electron chi connectivity index (χ2n) is 10.4. The number of ether oxygens (including phenoxy) is 1. The van der Waals surface area contributed by atoms with Crippen molar-refractivity contribution in [1.82, 2.24) is 25.0 Å². The molecule has 3 aromatic rings. The van der Waals surface area contributed by atoms with Crippen LogP contribution < -0.4 is 10.1 Å². The Morgan fingerprint density at radius 2 is 1.88 bits per heavy atom. The van der Waals surface area contributed by atoms with Gasteiger partial charge in [0.2, 0.25) is 0 Å². The number of aliphatic imine (C=N–C) groups is 1. The molecule has 0 unspecified atom stereocenters. The SMILES string of the molecule is C/C=C(/C)NC=Nc1ccc(/C=C/c2nc3n(n2)CCC[C@@H]3C2CCN(C(=O)c3ccccc3)CC2)cc1OC. The first-order valence-corrected chi connectivity index (χ1v) is 14.1. The highest BCUT2D eigenvalue weighted by Gasteiger charge is 2.34. The van der Waals surface area contributed by atoms with Gasteiger partial charge < -0.3 is 15.0 Å². The molecule has 2 aliphatic rings. The number of methoxy groups -OCH3 is 1. The first-order valence-electron chi connectivity index (χ1n) is 14.1. The number of piperidine rings is 1. The summed E-state index contributed by atoms with van der Waals surface area (Å²) in [6.07, 6.45) is 11.9. The van der Waals surface area contributed by atoms with Crippen LogP contribution in [-0.2, 0) is 6.54 Å². The number of hydrogen-bond donors (Lipinski definition) is 1. The Hall–Kier alpha value is -4.20. The second kappa shape index (κ2) is 12.8. The molecule has 5 rings (SSSR count). The Kier molecular flexibility index (Phi) is 8.74. The molecule has 1 aromatic heterocycles. The number of amides is 1. The summed E-state index contributed by atoms with van der Waals surface area (Å²) < 4.78 is 7.66. The van der Waals surface area contributed by atoms with Gasteiger partial charge in [-0.1, -0.05) is 36.4 Å². The first-order chi connectivity index (χ1) is 19.6. The summed E-state index contributed by atoms with van der Waals surface area (Å²) in [6, 6.07) is 15.5. The number of fused-ring (bicyclic) bond motifs is 1. The number of aromatic nitrogens is 3. The predicted octanol–water partition coefficient (Wildman–Crippen LogP) is 6.06. The number of allylic oxidation sites excluding steroid dienone is 2. The maximum absolute atomic E-state index is 12.9. The van der Waals surface area contributed by atoms with E-state index in [0.717, 1.165) is 79.5 Å². The van der Waals surface area contributed by atoms with Crippen molar-refractivity contribution in [2.45, 2.75) is 52.0 Å². The molecule has 3 heterocycles. The summed E-state index contributed by atoms with van der Waals surface area (Å²) in [5.41, 5.74) is 3.55. The highest BCUT2D eigenvalue weighted by molar-refractivity contribution is 5.94. The van der Waals surface area contributed by atoms with Gasteiger partial charge in [-0.3, -0.25) is 4.79 Å². The molecule has 1 saturated heterocycles. The van der Waals surface area contributed by atoms with Gasteiger partial charge >= 0.3 is 0 Å². The number of nitrogens with zero attached hydrogens (tertiary/aromatic N) is 5. The van der Waals surface area contributed by atoms with Crippen molar-refractivity contribution in [3.63, 3.8) is 0 Å². The molecular weight excluding hydrogens is 500 g/mol. The van der Waals surface area contributed by atoms with Gasteiger partial charge in [-0.2, -0.15) is 5.10 Å². The Labute approximate surface area is 236 Å². The van der Waals surface area contributed by atoms with E-state index < -0.39 is 0 Å². The topological polar surface area (TPSA) is 84.6 Å². The lowest BCUT2D eigenvalue weighted by molar-refractivity contribution is 0.0669. The molecule has 8 nitrogen and oxygen atoms in total. The average molecular weight is 539 g/mol. The van der Waals surface area contributed by atoms with Crippen LogP contribution in [0.25, 0.3) is 12.2 Å². The van der Waals surface area contributed by atoms with Crippen LogP contribution in [0.3, 0.4) is 0 Å². The molecule has 0 radical (unpaired) electrons. The van der Waals surface area contributed by atoms with Gasteiger partial charge in [0.15, 0.2) is 5.82 Å². The molecule has 1 N–H and O–H groups in total. The zero-order chi connectivity index (χ0) is 27.9. The Bertz CT molecular complexity index is 1400. The molecule has 1 fully saturated rings. The predicted molar refractivity (Wildman–Crippen MR) is 160 cm³/mol. The summed E-state index contributed by atoms with van der Waals surface area (Å²) in [5, 5.41) is 7.93. The largest absolute Gasteiger partial charge is 0.494 e. The minimum Gasteiger partial charge on any atom is -0.494 e. The Morgan fingerprint density at radius 1 is 1.07 bits per heavy atom. The first kappa shape index (κ1) is 27.4. The zero-order valence-electron chi connectivity index (χ0n) is 23.6. The van der Waals surface area contributed by atoms with Crippen LogP contribution in [0.5, 0.6) is 5.75 Å². The summed E-state index contributed by atoms with van der Waals surface area (Å²) in [5.74, 6) is 3.55. The van der Waals surface area contributed by atoms with Crippen LogP contribution in [-0.4, -0.2) is 52.1 Å². The smallest absolute Gasteiger partial charge is 0.253 e. The highest BCUT2D eigenvalue weighted by Crippen LogP contribution is 2.38. The van der Waals surface area contributed by atoms with E-state index in [0.29, 0.717) is 17.6 Å². The lowest BCUT2D eigenvalue weighted by Crippen LogP contribution is -2.40. The maximum Gasteiger partial charge on any atom is 0.253 e. The summed E-state index contributed by atoms with van der Waals surface area (Å²) >= 11 is 0. The van der Waals surface area contributed by atoms with Crippen LogP contribution in [0, 0.1) is 5.92 Å². The Morgan fingerprint density at radius 3 is 2.62 bits per heavy atom. The molecule has 0 bridgehead atoms. The normalized spacial score (nSPS) is 18.3. The van der Waals surface area contributed by atoms with Crippen LogP contribution in [0.4, 0.5) is 5.69 Å². The van der Waals surface area contributed by atoms with E-state index in [1.165, 1.54) is 0 Å². The summed E-state index contributed by atoms with van der Waals surface area (Å²) in [7, 11) is 1.65. The van der Waals surface area contributed by atoms with Gasteiger partial charge in [-0.05, 0) is 81.4 Å². The molecule has 2 aliphatic heterocycles. The van der Waals surface area contributed by atoms with E-state index in [1.54, 1.807) is 13.4 Å². The number of hydrogen-bond acceptors (Lipinski definition) is 5. The van der Waals surface area contributed by atoms with Gasteiger partial charge in [-0.25, -0.2) is 14.7 Å². The van der Waals surface area contributed by atoms with Gasteiger partial charge in [0.25, 0.3) is 5.91 Å². The van der Waals surface area contributed by atoms with E-state index in [9.17, 15) is 4.79 Å². The van der Waals surface area contributed by atoms with Crippen molar-refractivity contribution >= 4 is 30.1 Å². The van der Waals surface area contributed by atoms with Gasteiger partial charge in [-0.15, -0.1) is 0 Å². The average Bonchev–Trinajstić information content (AvgIpc) is 3.44. The summed E-state index contributed by atoms with van der Waals surface area (Å²) in [4.78, 5) is 24.3. The molecule has 40 heavy (non-hydrogen) atoms. The molecule has 1 amide bonds. The molecule has 8 heteroatoms. The van der Waals surface area contributed by atoms with E-state index >= 15 is 0 Å². The molecule has 1 atom stereocenters. The molecular formula is C32H38N6O2. The fourth-order valence-electron chi connectivity index (χ4n) is 5.55. The van der Waals surface area contributed by atoms with Crippen molar-refractivity contribution in [1.29, 1.82) is 0 Å². The minimum absolute atomic E-state index is 0.134. The lowest BCUT2D eigenvalue weighted by atomic mass is 9.80. The minimum atomic E-state index is 0.134. The summed E-state index contributed by atoms with van der Waals surface area (Å²) in [6.45, 7) is 6.45. The number of carbonyl (C=O) groups is 1. The molecule has 2 aromatic carbocycles. The van der Waals surface area contributed by atoms with E-state index in [1.807, 2.05) is 85.5 Å². The van der Waals surface area contributed by atoms with E-state index in [2.05, 4.69) is 15.0 Å². The van der Waals surface area contributed by atoms with Crippen molar-refractivity contribution in [3.8, 4) is 5.75 Å². The molecule has 0 saturated carbocycles. The lowest BCUT2D eigenvalue weighted by Gasteiger charge is -2.37. The number of nitrogens with one attached hydrogen (secondary N) is 1. The van der Waals surface area contributed by atoms with Gasteiger partial charge in [0.1, 0.15) is 17.3 Å². The van der Waals surface area contributed by atoms with Crippen molar-refractivity contribution in [2.24, 2.45) is 10.9 Å². The van der Waals surface area contributed by atoms with Crippen molar-refractivity contribution < 1.29 is 9.53 Å². The third-order valence-corrected chi connectivity index (χ3v) is 7.91. The van der Waals surface area contributed by atoms with Gasteiger partial charge in [0, 0.05) is 36.8 Å². The van der Waals surface area contributed by atoms with Crippen molar-refractivity contribution in [2.75, 3.05) is 20.2 Å². The number of aryl methyl sites for hydroxylation is 1. The molecule has 0 spiro atoms. The van der Waals surface area contributed by atoms with Crippen LogP contribution in [0.2, 0.25) is 0 Å². The zero-order valence-corrected chi connectivity index (χ0v) is 23.6. The monoisotopic (exact) mass is 538 g/mol. The van der Waals surface area contributed by atoms with E-state index in [4.69, 9.17) is 14.8 Å². The fraction of sp³-hybridized carbons (Fsp3) is 0.375. The van der Waals surface area contributed by atoms with E-state index in [-0.39, 0.29) is 5.91 Å². The third kappa shape index (κ3) is 6.33. The number of benzene rings is 2. The quantitative estimate of drug-likeness (QED) is 0.278. The standard InChI is InChI=1S/C32H38N6O2/c1-4-23(2)33-22-34-28-14-12-24(21-29(28)40-3)13-15-30-35-31-27(11-8-18-38(31)36-30)25-16-19-37(20-17-25)32(39)26-9-6-5-7-10-26/h4-7,9-10,12-15,21-22,25,27H,8,11,16-20H2,1-3H3,(H,33,34)/b15-13+,23-4-/t27-/m1/s1.